The zero-order valence-corrected chi connectivity index (χ0v) is 15.2. The van der Waals surface area contributed by atoms with Crippen LogP contribution >= 0.6 is 0 Å². The minimum absolute atomic E-state index is 0.115. The number of amides is 1. The average Bonchev–Trinajstić information content (AvgIpc) is 3.07. The van der Waals surface area contributed by atoms with Crippen LogP contribution < -0.4 is 0 Å². The summed E-state index contributed by atoms with van der Waals surface area (Å²) in [5.41, 5.74) is 1.57. The topological polar surface area (TPSA) is 69.2 Å². The number of hydrogen-bond donors (Lipinski definition) is 2. The molecule has 140 valence electrons. The summed E-state index contributed by atoms with van der Waals surface area (Å²) in [6.45, 7) is 2.58. The molecule has 0 saturated heterocycles. The Balaban J connectivity index is 1.74. The van der Waals surface area contributed by atoms with E-state index in [-0.39, 0.29) is 18.2 Å². The summed E-state index contributed by atoms with van der Waals surface area (Å²) < 4.78 is 14.2. The highest BCUT2D eigenvalue weighted by Gasteiger charge is 2.22. The summed E-state index contributed by atoms with van der Waals surface area (Å²) in [6, 6.07) is 5.77. The summed E-state index contributed by atoms with van der Waals surface area (Å²) in [6.07, 6.45) is 7.15. The number of phenols is 1. The Hall–Kier alpha value is -2.37. The van der Waals surface area contributed by atoms with Crippen LogP contribution in [0.2, 0.25) is 0 Å². The van der Waals surface area contributed by atoms with Crippen molar-refractivity contribution >= 4 is 5.91 Å². The number of aromatic hydroxyl groups is 1. The lowest BCUT2D eigenvalue weighted by Gasteiger charge is -2.27. The van der Waals surface area contributed by atoms with Crippen LogP contribution in [0, 0.1) is 18.7 Å². The summed E-state index contributed by atoms with van der Waals surface area (Å²) in [5, 5.41) is 16.2. The number of carbonyl (C=O) groups is 1. The van der Waals surface area contributed by atoms with Gasteiger partial charge in [-0.2, -0.15) is 5.10 Å². The molecule has 26 heavy (non-hydrogen) atoms. The molecule has 1 amide bonds. The number of nitrogens with zero attached hydrogens (tertiary/aromatic N) is 2. The Morgan fingerprint density at radius 1 is 1.31 bits per heavy atom. The molecule has 0 aliphatic heterocycles. The highest BCUT2D eigenvalue weighted by atomic mass is 19.1. The molecule has 6 heteroatoms. The third-order valence-corrected chi connectivity index (χ3v) is 5.15. The number of aromatic nitrogens is 2. The average molecular weight is 359 g/mol. The molecule has 2 aromatic rings. The van der Waals surface area contributed by atoms with Gasteiger partial charge in [-0.25, -0.2) is 4.39 Å². The Kier molecular flexibility index (Phi) is 5.91. The fraction of sp³-hybridized carbons (Fsp3) is 0.500. The van der Waals surface area contributed by atoms with Gasteiger partial charge in [-0.05, 0) is 31.4 Å². The fourth-order valence-electron chi connectivity index (χ4n) is 3.64. The van der Waals surface area contributed by atoms with Crippen molar-refractivity contribution in [3.8, 4) is 5.75 Å². The van der Waals surface area contributed by atoms with E-state index in [0.717, 1.165) is 18.2 Å². The quantitative estimate of drug-likeness (QED) is 0.813. The van der Waals surface area contributed by atoms with Crippen molar-refractivity contribution < 1.29 is 14.3 Å². The maximum absolute atomic E-state index is 14.2. The first kappa shape index (κ1) is 18.4. The van der Waals surface area contributed by atoms with Gasteiger partial charge in [-0.1, -0.05) is 38.2 Å². The SMILES string of the molecule is Cc1cc(C(=O)N(CCC2CCCCC2)Cc2ccc(O)cc2F)[nH]n1. The maximum Gasteiger partial charge on any atom is 0.272 e. The first-order chi connectivity index (χ1) is 12.5. The van der Waals surface area contributed by atoms with E-state index < -0.39 is 5.82 Å². The normalized spacial score (nSPS) is 15.2. The molecule has 3 rings (SSSR count). The van der Waals surface area contributed by atoms with Gasteiger partial charge in [0.2, 0.25) is 0 Å². The Morgan fingerprint density at radius 2 is 2.08 bits per heavy atom. The molecule has 0 radical (unpaired) electrons. The summed E-state index contributed by atoms with van der Waals surface area (Å²) in [4.78, 5) is 14.6. The van der Waals surface area contributed by atoms with E-state index in [4.69, 9.17) is 0 Å². The highest BCUT2D eigenvalue weighted by Crippen LogP contribution is 2.27. The molecular formula is C20H26FN3O2. The molecule has 1 fully saturated rings. The number of hydrogen-bond acceptors (Lipinski definition) is 3. The second kappa shape index (κ2) is 8.34. The first-order valence-electron chi connectivity index (χ1n) is 9.31. The maximum atomic E-state index is 14.2. The number of phenolic OH excluding ortho intramolecular Hbond substituents is 1. The molecule has 5 nitrogen and oxygen atoms in total. The van der Waals surface area contributed by atoms with Gasteiger partial charge in [-0.3, -0.25) is 9.89 Å². The predicted octanol–water partition coefficient (Wildman–Crippen LogP) is 4.18. The standard InChI is InChI=1S/C20H26FN3O2/c1-14-11-19(23-22-14)20(26)24(10-9-15-5-3-2-4-6-15)13-16-7-8-17(25)12-18(16)21/h7-8,11-12,15,25H,2-6,9-10,13H2,1H3,(H,22,23). The van der Waals surface area contributed by atoms with Crippen LogP contribution in [0.3, 0.4) is 0 Å². The number of aromatic amines is 1. The van der Waals surface area contributed by atoms with Crippen LogP contribution in [-0.2, 0) is 6.54 Å². The van der Waals surface area contributed by atoms with Crippen molar-refractivity contribution in [2.24, 2.45) is 5.92 Å². The first-order valence-corrected chi connectivity index (χ1v) is 9.31. The van der Waals surface area contributed by atoms with E-state index in [1.807, 2.05) is 6.92 Å². The van der Waals surface area contributed by atoms with Crippen molar-refractivity contribution in [1.82, 2.24) is 15.1 Å². The van der Waals surface area contributed by atoms with Crippen LogP contribution in [0.15, 0.2) is 24.3 Å². The third-order valence-electron chi connectivity index (χ3n) is 5.15. The van der Waals surface area contributed by atoms with Crippen LogP contribution in [0.1, 0.15) is 60.3 Å². The van der Waals surface area contributed by atoms with Crippen molar-refractivity contribution in [2.75, 3.05) is 6.54 Å². The number of H-pyrrole nitrogens is 1. The predicted molar refractivity (Wildman–Crippen MR) is 97.3 cm³/mol. The molecule has 0 spiro atoms. The number of carbonyl (C=O) groups excluding carboxylic acids is 1. The molecule has 1 aromatic carbocycles. The van der Waals surface area contributed by atoms with Gasteiger partial charge < -0.3 is 10.0 Å². The molecule has 1 heterocycles. The van der Waals surface area contributed by atoms with Gasteiger partial charge in [0.15, 0.2) is 0 Å². The van der Waals surface area contributed by atoms with E-state index in [2.05, 4.69) is 10.2 Å². The molecule has 1 saturated carbocycles. The van der Waals surface area contributed by atoms with E-state index in [0.29, 0.717) is 23.7 Å². The van der Waals surface area contributed by atoms with Gasteiger partial charge >= 0.3 is 0 Å². The van der Waals surface area contributed by atoms with E-state index in [1.165, 1.54) is 44.2 Å². The van der Waals surface area contributed by atoms with Crippen LogP contribution in [0.4, 0.5) is 4.39 Å². The monoisotopic (exact) mass is 359 g/mol. The fourth-order valence-corrected chi connectivity index (χ4v) is 3.64. The van der Waals surface area contributed by atoms with E-state index in [1.54, 1.807) is 11.0 Å². The Labute approximate surface area is 153 Å². The summed E-state index contributed by atoms with van der Waals surface area (Å²) in [5.74, 6) is -0.155. The lowest BCUT2D eigenvalue weighted by molar-refractivity contribution is 0.0721. The van der Waals surface area contributed by atoms with Crippen LogP contribution in [0.25, 0.3) is 0 Å². The van der Waals surface area contributed by atoms with Crippen molar-refractivity contribution in [3.05, 3.63) is 47.0 Å². The molecular weight excluding hydrogens is 333 g/mol. The van der Waals surface area contributed by atoms with Gasteiger partial charge in [0, 0.05) is 24.7 Å². The van der Waals surface area contributed by atoms with E-state index >= 15 is 0 Å². The number of nitrogens with one attached hydrogen (secondary N) is 1. The van der Waals surface area contributed by atoms with Crippen molar-refractivity contribution in [1.29, 1.82) is 0 Å². The Bertz CT molecular complexity index is 753. The van der Waals surface area contributed by atoms with Gasteiger partial charge in [-0.15, -0.1) is 0 Å². The number of rotatable bonds is 6. The Morgan fingerprint density at radius 3 is 2.73 bits per heavy atom. The number of benzene rings is 1. The molecule has 0 atom stereocenters. The second-order valence-electron chi connectivity index (χ2n) is 7.22. The molecule has 0 bridgehead atoms. The lowest BCUT2D eigenvalue weighted by Crippen LogP contribution is -2.33. The molecule has 1 aliphatic rings. The number of aryl methyl sites for hydroxylation is 1. The molecule has 2 N–H and O–H groups in total. The molecule has 1 aliphatic carbocycles. The second-order valence-corrected chi connectivity index (χ2v) is 7.22. The highest BCUT2D eigenvalue weighted by molar-refractivity contribution is 5.92. The van der Waals surface area contributed by atoms with Crippen molar-refractivity contribution in [3.63, 3.8) is 0 Å². The molecule has 1 aromatic heterocycles. The van der Waals surface area contributed by atoms with Crippen LogP contribution in [-0.4, -0.2) is 32.7 Å². The third kappa shape index (κ3) is 4.62. The largest absolute Gasteiger partial charge is 0.508 e. The van der Waals surface area contributed by atoms with Gasteiger partial charge in [0.25, 0.3) is 5.91 Å². The van der Waals surface area contributed by atoms with Gasteiger partial charge in [0.05, 0.1) is 5.69 Å². The minimum atomic E-state index is -0.499. The van der Waals surface area contributed by atoms with Gasteiger partial charge in [0.1, 0.15) is 17.3 Å². The van der Waals surface area contributed by atoms with Crippen LogP contribution in [0.5, 0.6) is 5.75 Å². The summed E-state index contributed by atoms with van der Waals surface area (Å²) in [7, 11) is 0. The zero-order chi connectivity index (χ0) is 18.5. The summed E-state index contributed by atoms with van der Waals surface area (Å²) >= 11 is 0. The zero-order valence-electron chi connectivity index (χ0n) is 15.2. The smallest absolute Gasteiger partial charge is 0.272 e. The molecule has 0 unspecified atom stereocenters. The number of halogens is 1. The lowest BCUT2D eigenvalue weighted by atomic mass is 9.87. The van der Waals surface area contributed by atoms with Crippen molar-refractivity contribution in [2.45, 2.75) is 52.0 Å². The van der Waals surface area contributed by atoms with E-state index in [9.17, 15) is 14.3 Å². The minimum Gasteiger partial charge on any atom is -0.508 e.